The van der Waals surface area contributed by atoms with Crippen molar-refractivity contribution in [3.8, 4) is 0 Å². The lowest BCUT2D eigenvalue weighted by atomic mass is 9.91. The molecule has 2 amide bonds. The van der Waals surface area contributed by atoms with Gasteiger partial charge in [0, 0.05) is 43.5 Å². The number of rotatable bonds is 3. The van der Waals surface area contributed by atoms with E-state index < -0.39 is 5.60 Å². The van der Waals surface area contributed by atoms with Crippen LogP contribution in [0.3, 0.4) is 0 Å². The molecule has 1 aromatic heterocycles. The minimum Gasteiger partial charge on any atom is -0.444 e. The number of benzene rings is 1. The lowest BCUT2D eigenvalue weighted by Crippen LogP contribution is -2.43. The van der Waals surface area contributed by atoms with Crippen LogP contribution in [0.15, 0.2) is 22.6 Å². The van der Waals surface area contributed by atoms with Gasteiger partial charge in [0.1, 0.15) is 11.1 Å². The maximum Gasteiger partial charge on any atom is 0.410 e. The van der Waals surface area contributed by atoms with E-state index in [0.29, 0.717) is 30.5 Å². The number of carbonyl (C=O) groups excluding carboxylic acids is 2. The molecule has 0 spiro atoms. The summed E-state index contributed by atoms with van der Waals surface area (Å²) in [6, 6.07) is 5.47. The highest BCUT2D eigenvalue weighted by atomic mass is 35.5. The van der Waals surface area contributed by atoms with Crippen LogP contribution in [0.1, 0.15) is 64.7 Å². The molecule has 2 aromatic rings. The number of carbonyl (C=O) groups is 2. The van der Waals surface area contributed by atoms with Crippen LogP contribution in [0, 0.1) is 5.92 Å². The molecule has 2 aliphatic heterocycles. The molecule has 7 nitrogen and oxygen atoms in total. The van der Waals surface area contributed by atoms with Crippen molar-refractivity contribution in [2.45, 2.75) is 64.4 Å². The molecule has 1 aromatic carbocycles. The van der Waals surface area contributed by atoms with Gasteiger partial charge in [0.25, 0.3) is 0 Å². The van der Waals surface area contributed by atoms with Crippen LogP contribution in [0.4, 0.5) is 4.79 Å². The topological polar surface area (TPSA) is 75.9 Å². The lowest BCUT2D eigenvalue weighted by Gasteiger charge is -2.35. The summed E-state index contributed by atoms with van der Waals surface area (Å²) in [5.74, 6) is 1.50. The third kappa shape index (κ3) is 5.55. The van der Waals surface area contributed by atoms with Gasteiger partial charge in [0.15, 0.2) is 11.5 Å². The standard InChI is InChI=1S/C24H32ClN3O4/c1-24(2,3)32-23(30)28-10-6-16(7-11-28)14-21(29)27-12-8-17(9-13-27)22-26-19-15-18(25)4-5-20(19)31-22/h4-5,15-17H,6-14H2,1-3H3. The van der Waals surface area contributed by atoms with E-state index in [4.69, 9.17) is 20.8 Å². The molecule has 0 bridgehead atoms. The van der Waals surface area contributed by atoms with Crippen LogP contribution in [-0.4, -0.2) is 58.6 Å². The smallest absolute Gasteiger partial charge is 0.410 e. The maximum absolute atomic E-state index is 12.9. The Hall–Kier alpha value is -2.28. The van der Waals surface area contributed by atoms with Crippen molar-refractivity contribution in [1.29, 1.82) is 0 Å². The number of aromatic nitrogens is 1. The van der Waals surface area contributed by atoms with E-state index in [0.717, 1.165) is 55.8 Å². The van der Waals surface area contributed by atoms with Crippen LogP contribution in [0.2, 0.25) is 5.02 Å². The Kier molecular flexibility index (Phi) is 6.65. The Morgan fingerprint density at radius 1 is 1.09 bits per heavy atom. The highest BCUT2D eigenvalue weighted by Gasteiger charge is 2.31. The van der Waals surface area contributed by atoms with E-state index >= 15 is 0 Å². The molecule has 0 unspecified atom stereocenters. The average molecular weight is 462 g/mol. The Morgan fingerprint density at radius 3 is 2.41 bits per heavy atom. The molecule has 2 saturated heterocycles. The molecule has 8 heteroatoms. The first-order chi connectivity index (χ1) is 15.2. The zero-order valence-electron chi connectivity index (χ0n) is 19.1. The zero-order chi connectivity index (χ0) is 22.9. The molecule has 0 aliphatic carbocycles. The minimum atomic E-state index is -0.485. The predicted octanol–water partition coefficient (Wildman–Crippen LogP) is 5.22. The van der Waals surface area contributed by atoms with Gasteiger partial charge >= 0.3 is 6.09 Å². The molecule has 2 aliphatic rings. The Labute approximate surface area is 194 Å². The van der Waals surface area contributed by atoms with E-state index in [1.807, 2.05) is 37.8 Å². The van der Waals surface area contributed by atoms with Gasteiger partial charge < -0.3 is 19.0 Å². The van der Waals surface area contributed by atoms with Crippen molar-refractivity contribution in [2.24, 2.45) is 5.92 Å². The molecule has 32 heavy (non-hydrogen) atoms. The van der Waals surface area contributed by atoms with Crippen molar-refractivity contribution >= 4 is 34.7 Å². The Bertz CT molecular complexity index is 967. The molecule has 0 atom stereocenters. The first-order valence-corrected chi connectivity index (χ1v) is 11.9. The van der Waals surface area contributed by atoms with Crippen molar-refractivity contribution in [2.75, 3.05) is 26.2 Å². The summed E-state index contributed by atoms with van der Waals surface area (Å²) in [5, 5.41) is 0.648. The van der Waals surface area contributed by atoms with E-state index in [-0.39, 0.29) is 17.9 Å². The Morgan fingerprint density at radius 2 is 1.75 bits per heavy atom. The van der Waals surface area contributed by atoms with E-state index in [9.17, 15) is 9.59 Å². The number of oxazole rings is 1. The largest absolute Gasteiger partial charge is 0.444 e. The SMILES string of the molecule is CC(C)(C)OC(=O)N1CCC(CC(=O)N2CCC(c3nc4cc(Cl)ccc4o3)CC2)CC1. The first-order valence-electron chi connectivity index (χ1n) is 11.5. The average Bonchev–Trinajstić information content (AvgIpc) is 3.16. The lowest BCUT2D eigenvalue weighted by molar-refractivity contribution is -0.133. The number of fused-ring (bicyclic) bond motifs is 1. The normalized spacial score (nSPS) is 18.9. The molecule has 0 N–H and O–H groups in total. The number of ether oxygens (including phenoxy) is 1. The summed E-state index contributed by atoms with van der Waals surface area (Å²) >= 11 is 6.05. The summed E-state index contributed by atoms with van der Waals surface area (Å²) in [5.41, 5.74) is 1.05. The molecule has 0 saturated carbocycles. The van der Waals surface area contributed by atoms with E-state index in [2.05, 4.69) is 4.98 Å². The third-order valence-electron chi connectivity index (χ3n) is 6.29. The monoisotopic (exact) mass is 461 g/mol. The van der Waals surface area contributed by atoms with Crippen LogP contribution in [0.25, 0.3) is 11.1 Å². The fourth-order valence-corrected chi connectivity index (χ4v) is 4.66. The second-order valence-corrected chi connectivity index (χ2v) is 10.4. The summed E-state index contributed by atoms with van der Waals surface area (Å²) in [6.07, 6.45) is 3.67. The fraction of sp³-hybridized carbons (Fsp3) is 0.625. The number of amides is 2. The molecular formula is C24H32ClN3O4. The van der Waals surface area contributed by atoms with Gasteiger partial charge in [0.2, 0.25) is 5.91 Å². The summed E-state index contributed by atoms with van der Waals surface area (Å²) in [7, 11) is 0. The van der Waals surface area contributed by atoms with Crippen molar-refractivity contribution in [3.63, 3.8) is 0 Å². The van der Waals surface area contributed by atoms with E-state index in [1.54, 1.807) is 11.0 Å². The van der Waals surface area contributed by atoms with Crippen LogP contribution < -0.4 is 0 Å². The summed E-state index contributed by atoms with van der Waals surface area (Å²) in [6.45, 7) is 8.37. The molecule has 3 heterocycles. The Balaban J connectivity index is 1.23. The van der Waals surface area contributed by atoms with Gasteiger partial charge in [-0.3, -0.25) is 4.79 Å². The van der Waals surface area contributed by atoms with Crippen LogP contribution in [-0.2, 0) is 9.53 Å². The predicted molar refractivity (Wildman–Crippen MR) is 123 cm³/mol. The number of nitrogens with zero attached hydrogens (tertiary/aromatic N) is 3. The summed E-state index contributed by atoms with van der Waals surface area (Å²) in [4.78, 5) is 33.4. The molecule has 4 rings (SSSR count). The maximum atomic E-state index is 12.9. The van der Waals surface area contributed by atoms with Gasteiger partial charge in [0.05, 0.1) is 0 Å². The van der Waals surface area contributed by atoms with Gasteiger partial charge in [-0.25, -0.2) is 9.78 Å². The van der Waals surface area contributed by atoms with Crippen LogP contribution in [0.5, 0.6) is 0 Å². The second-order valence-electron chi connectivity index (χ2n) is 9.93. The third-order valence-corrected chi connectivity index (χ3v) is 6.53. The van der Waals surface area contributed by atoms with Crippen molar-refractivity contribution in [3.05, 3.63) is 29.1 Å². The highest BCUT2D eigenvalue weighted by Crippen LogP contribution is 2.32. The quantitative estimate of drug-likeness (QED) is 0.626. The first kappa shape index (κ1) is 22.9. The van der Waals surface area contributed by atoms with Crippen LogP contribution >= 0.6 is 11.6 Å². The zero-order valence-corrected chi connectivity index (χ0v) is 19.9. The number of piperidine rings is 2. The van der Waals surface area contributed by atoms with Crippen molar-refractivity contribution in [1.82, 2.24) is 14.8 Å². The van der Waals surface area contributed by atoms with Gasteiger partial charge in [-0.1, -0.05) is 11.6 Å². The number of halogens is 1. The van der Waals surface area contributed by atoms with E-state index in [1.165, 1.54) is 0 Å². The van der Waals surface area contributed by atoms with Gasteiger partial charge in [-0.15, -0.1) is 0 Å². The van der Waals surface area contributed by atoms with Gasteiger partial charge in [-0.05, 0) is 70.6 Å². The molecule has 174 valence electrons. The van der Waals surface area contributed by atoms with Crippen molar-refractivity contribution < 1.29 is 18.7 Å². The number of hydrogen-bond acceptors (Lipinski definition) is 5. The minimum absolute atomic E-state index is 0.212. The number of likely N-dealkylation sites (tertiary alicyclic amines) is 2. The van der Waals surface area contributed by atoms with Gasteiger partial charge in [-0.2, -0.15) is 0 Å². The number of hydrogen-bond donors (Lipinski definition) is 0. The second kappa shape index (κ2) is 9.30. The fourth-order valence-electron chi connectivity index (χ4n) is 4.49. The highest BCUT2D eigenvalue weighted by molar-refractivity contribution is 6.31. The molecular weight excluding hydrogens is 430 g/mol. The molecule has 0 radical (unpaired) electrons. The molecule has 2 fully saturated rings. The summed E-state index contributed by atoms with van der Waals surface area (Å²) < 4.78 is 11.4.